The molecule has 1 aliphatic heterocycles. The number of para-hydroxylation sites is 1. The molecule has 0 bridgehead atoms. The zero-order chi connectivity index (χ0) is 18.1. The molecule has 1 saturated heterocycles. The van der Waals surface area contributed by atoms with Crippen molar-refractivity contribution in [1.82, 2.24) is 9.88 Å². The lowest BCUT2D eigenvalue weighted by atomic mass is 10.0. The third kappa shape index (κ3) is 3.31. The average molecular weight is 366 g/mol. The number of rotatable bonds is 3. The fourth-order valence-corrected chi connectivity index (χ4v) is 4.38. The Labute approximate surface area is 157 Å². The third-order valence-electron chi connectivity index (χ3n) is 4.97. The quantitative estimate of drug-likeness (QED) is 0.680. The lowest BCUT2D eigenvalue weighted by molar-refractivity contribution is 0.0595. The van der Waals surface area contributed by atoms with Crippen molar-refractivity contribution in [2.24, 2.45) is 0 Å². The maximum Gasteiger partial charge on any atom is 0.274 e. The van der Waals surface area contributed by atoms with Gasteiger partial charge in [-0.05, 0) is 37.1 Å². The Balaban J connectivity index is 1.39. The van der Waals surface area contributed by atoms with Gasteiger partial charge in [-0.3, -0.25) is 4.79 Å². The van der Waals surface area contributed by atoms with Gasteiger partial charge in [-0.2, -0.15) is 0 Å². The number of piperidine rings is 1. The van der Waals surface area contributed by atoms with Crippen molar-refractivity contribution in [3.8, 4) is 5.19 Å². The van der Waals surface area contributed by atoms with Crippen LogP contribution < -0.4 is 4.74 Å². The molecule has 0 spiro atoms. The van der Waals surface area contributed by atoms with Gasteiger partial charge in [-0.15, -0.1) is 0 Å². The lowest BCUT2D eigenvalue weighted by Crippen LogP contribution is -2.42. The molecule has 0 atom stereocenters. The number of hydrogen-bond donors (Lipinski definition) is 0. The summed E-state index contributed by atoms with van der Waals surface area (Å²) in [7, 11) is 0. The molecule has 1 aliphatic rings. The number of fused-ring (bicyclic) bond motifs is 1. The van der Waals surface area contributed by atoms with Crippen LogP contribution in [0.4, 0.5) is 0 Å². The van der Waals surface area contributed by atoms with E-state index in [0.29, 0.717) is 0 Å². The average Bonchev–Trinajstić information content (AvgIpc) is 3.06. The predicted molar refractivity (Wildman–Crippen MR) is 105 cm³/mol. The van der Waals surface area contributed by atoms with Crippen molar-refractivity contribution >= 4 is 27.5 Å². The van der Waals surface area contributed by atoms with Gasteiger partial charge in [-0.25, -0.2) is 4.98 Å². The van der Waals surface area contributed by atoms with Crippen LogP contribution in [0.25, 0.3) is 10.2 Å². The summed E-state index contributed by atoms with van der Waals surface area (Å²) in [6, 6.07) is 14.0. The van der Waals surface area contributed by atoms with Gasteiger partial charge in [0.2, 0.25) is 0 Å². The van der Waals surface area contributed by atoms with Crippen molar-refractivity contribution in [3.63, 3.8) is 0 Å². The van der Waals surface area contributed by atoms with E-state index in [2.05, 4.69) is 30.1 Å². The first kappa shape index (κ1) is 17.0. The Hall–Kier alpha value is -2.40. The second-order valence-electron chi connectivity index (χ2n) is 6.83. The predicted octanol–water partition coefficient (Wildman–Crippen LogP) is 4.60. The first-order valence-electron chi connectivity index (χ1n) is 8.99. The fraction of sp³-hybridized carbons (Fsp3) is 0.333. The summed E-state index contributed by atoms with van der Waals surface area (Å²) in [6.45, 7) is 5.50. The van der Waals surface area contributed by atoms with E-state index in [-0.39, 0.29) is 12.0 Å². The lowest BCUT2D eigenvalue weighted by Gasteiger charge is -2.32. The molecule has 4 nitrogen and oxygen atoms in total. The van der Waals surface area contributed by atoms with Crippen molar-refractivity contribution < 1.29 is 9.53 Å². The normalized spacial score (nSPS) is 15.4. The summed E-state index contributed by atoms with van der Waals surface area (Å²) in [5.41, 5.74) is 4.03. The van der Waals surface area contributed by atoms with E-state index < -0.39 is 0 Å². The SMILES string of the molecule is Cc1ccccc1C(=O)N1CCC(Oc2nc3c(C)cccc3s2)CC1. The van der Waals surface area contributed by atoms with E-state index in [4.69, 9.17) is 4.74 Å². The maximum atomic E-state index is 12.7. The van der Waals surface area contributed by atoms with E-state index in [1.165, 1.54) is 5.56 Å². The number of thiazole rings is 1. The third-order valence-corrected chi connectivity index (χ3v) is 5.88. The first-order chi connectivity index (χ1) is 12.6. The number of carbonyl (C=O) groups is 1. The highest BCUT2D eigenvalue weighted by molar-refractivity contribution is 7.20. The molecular formula is C21H22N2O2S. The van der Waals surface area contributed by atoms with Crippen LogP contribution in [0.5, 0.6) is 5.19 Å². The number of benzene rings is 2. The Morgan fingerprint density at radius 1 is 1.08 bits per heavy atom. The second kappa shape index (κ2) is 7.08. The van der Waals surface area contributed by atoms with Gasteiger partial charge in [0, 0.05) is 31.5 Å². The summed E-state index contributed by atoms with van der Waals surface area (Å²) >= 11 is 1.60. The first-order valence-corrected chi connectivity index (χ1v) is 9.81. The van der Waals surface area contributed by atoms with Crippen LogP contribution in [0, 0.1) is 13.8 Å². The van der Waals surface area contributed by atoms with Crippen LogP contribution in [0.15, 0.2) is 42.5 Å². The van der Waals surface area contributed by atoms with Crippen LogP contribution in [-0.4, -0.2) is 35.0 Å². The number of carbonyl (C=O) groups excluding carboxylic acids is 1. The number of aromatic nitrogens is 1. The number of aryl methyl sites for hydroxylation is 2. The van der Waals surface area contributed by atoms with Gasteiger partial charge in [0.05, 0.1) is 10.2 Å². The number of amides is 1. The highest BCUT2D eigenvalue weighted by atomic mass is 32.1. The van der Waals surface area contributed by atoms with Crippen molar-refractivity contribution in [1.29, 1.82) is 0 Å². The number of likely N-dealkylation sites (tertiary alicyclic amines) is 1. The van der Waals surface area contributed by atoms with Gasteiger partial charge in [0.1, 0.15) is 6.10 Å². The van der Waals surface area contributed by atoms with Crippen molar-refractivity contribution in [3.05, 3.63) is 59.2 Å². The molecule has 0 N–H and O–H groups in total. The summed E-state index contributed by atoms with van der Waals surface area (Å²) in [5, 5.41) is 0.734. The van der Waals surface area contributed by atoms with E-state index >= 15 is 0 Å². The zero-order valence-electron chi connectivity index (χ0n) is 15.1. The molecule has 3 aromatic rings. The van der Waals surface area contributed by atoms with Gasteiger partial charge in [0.15, 0.2) is 0 Å². The van der Waals surface area contributed by atoms with Crippen molar-refractivity contribution in [2.45, 2.75) is 32.8 Å². The molecule has 2 heterocycles. The van der Waals surface area contributed by atoms with Crippen molar-refractivity contribution in [2.75, 3.05) is 13.1 Å². The highest BCUT2D eigenvalue weighted by Crippen LogP contribution is 2.31. The van der Waals surface area contributed by atoms with Gasteiger partial charge in [-0.1, -0.05) is 41.7 Å². The van der Waals surface area contributed by atoms with E-state index in [1.807, 2.05) is 36.1 Å². The summed E-state index contributed by atoms with van der Waals surface area (Å²) in [4.78, 5) is 19.3. The summed E-state index contributed by atoms with van der Waals surface area (Å²) in [5.74, 6) is 0.122. The summed E-state index contributed by atoms with van der Waals surface area (Å²) < 4.78 is 7.28. The number of nitrogens with zero attached hydrogens (tertiary/aromatic N) is 2. The largest absolute Gasteiger partial charge is 0.467 e. The fourth-order valence-electron chi connectivity index (χ4n) is 3.42. The second-order valence-corrected chi connectivity index (χ2v) is 7.82. The minimum absolute atomic E-state index is 0.122. The molecule has 134 valence electrons. The van der Waals surface area contributed by atoms with Crippen LogP contribution in [0.3, 0.4) is 0 Å². The van der Waals surface area contributed by atoms with Crippen LogP contribution in [0.2, 0.25) is 0 Å². The Kier molecular flexibility index (Phi) is 4.64. The molecule has 0 saturated carbocycles. The minimum atomic E-state index is 0.122. The minimum Gasteiger partial charge on any atom is -0.467 e. The smallest absolute Gasteiger partial charge is 0.274 e. The molecular weight excluding hydrogens is 344 g/mol. The standard InChI is InChI=1S/C21H22N2O2S/c1-14-6-3-4-8-17(14)20(24)23-12-10-16(11-13-23)25-21-22-19-15(2)7-5-9-18(19)26-21/h3-9,16H,10-13H2,1-2H3. The van der Waals surface area contributed by atoms with Gasteiger partial charge >= 0.3 is 0 Å². The number of ether oxygens (including phenoxy) is 1. The number of hydrogen-bond acceptors (Lipinski definition) is 4. The van der Waals surface area contributed by atoms with E-state index in [1.54, 1.807) is 11.3 Å². The summed E-state index contributed by atoms with van der Waals surface area (Å²) in [6.07, 6.45) is 1.80. The Morgan fingerprint density at radius 2 is 1.81 bits per heavy atom. The van der Waals surface area contributed by atoms with E-state index in [9.17, 15) is 4.79 Å². The van der Waals surface area contributed by atoms with Crippen LogP contribution in [-0.2, 0) is 0 Å². The molecule has 4 rings (SSSR count). The molecule has 2 aromatic carbocycles. The molecule has 0 radical (unpaired) electrons. The van der Waals surface area contributed by atoms with E-state index in [0.717, 1.165) is 52.5 Å². The Bertz CT molecular complexity index is 942. The zero-order valence-corrected chi connectivity index (χ0v) is 15.9. The topological polar surface area (TPSA) is 42.4 Å². The van der Waals surface area contributed by atoms with Crippen LogP contribution in [0.1, 0.15) is 34.3 Å². The molecule has 0 unspecified atom stereocenters. The maximum absolute atomic E-state index is 12.7. The molecule has 5 heteroatoms. The molecule has 26 heavy (non-hydrogen) atoms. The molecule has 1 aromatic heterocycles. The van der Waals surface area contributed by atoms with Gasteiger partial charge < -0.3 is 9.64 Å². The molecule has 0 aliphatic carbocycles. The molecule has 1 amide bonds. The monoisotopic (exact) mass is 366 g/mol. The van der Waals surface area contributed by atoms with Gasteiger partial charge in [0.25, 0.3) is 11.1 Å². The highest BCUT2D eigenvalue weighted by Gasteiger charge is 2.26. The molecule has 1 fully saturated rings. The van der Waals surface area contributed by atoms with Crippen LogP contribution >= 0.6 is 11.3 Å². The Morgan fingerprint density at radius 3 is 2.54 bits per heavy atom.